The summed E-state index contributed by atoms with van der Waals surface area (Å²) in [5.74, 6) is -0.640. The third-order valence-corrected chi connectivity index (χ3v) is 6.22. The highest BCUT2D eigenvalue weighted by molar-refractivity contribution is 9.10. The molecule has 1 aliphatic rings. The van der Waals surface area contributed by atoms with Gasteiger partial charge in [0.15, 0.2) is 0 Å². The minimum atomic E-state index is -0.457. The van der Waals surface area contributed by atoms with Crippen molar-refractivity contribution in [3.63, 3.8) is 0 Å². The molecule has 5 rings (SSSR count). The van der Waals surface area contributed by atoms with Crippen molar-refractivity contribution in [3.8, 4) is 16.9 Å². The Labute approximate surface area is 204 Å². The van der Waals surface area contributed by atoms with Crippen LogP contribution in [-0.4, -0.2) is 21.2 Å². The van der Waals surface area contributed by atoms with E-state index in [9.17, 15) is 8.78 Å². The SMILES string of the molecule is Nc1ccc(CCN2C=COC2c2cn(-c3ccc(Br)cc3)nc2-c2ccc(F)cc2)c(F)c1. The number of rotatable bonds is 6. The number of hydrogen-bond acceptors (Lipinski definition) is 4. The summed E-state index contributed by atoms with van der Waals surface area (Å²) in [6.45, 7) is 0.522. The van der Waals surface area contributed by atoms with Crippen LogP contribution in [0.25, 0.3) is 16.9 Å². The molecule has 1 aliphatic heterocycles. The van der Waals surface area contributed by atoms with Crippen molar-refractivity contribution in [1.82, 2.24) is 14.7 Å². The minimum absolute atomic E-state index is 0.316. The van der Waals surface area contributed by atoms with E-state index in [1.54, 1.807) is 35.2 Å². The van der Waals surface area contributed by atoms with Crippen LogP contribution in [0.2, 0.25) is 0 Å². The lowest BCUT2D eigenvalue weighted by molar-refractivity contribution is 0.0579. The van der Waals surface area contributed by atoms with Gasteiger partial charge < -0.3 is 15.4 Å². The van der Waals surface area contributed by atoms with Crippen LogP contribution >= 0.6 is 15.9 Å². The number of hydrogen-bond donors (Lipinski definition) is 1. The molecule has 2 N–H and O–H groups in total. The number of ether oxygens (including phenoxy) is 1. The van der Waals surface area contributed by atoms with Crippen molar-refractivity contribution in [3.05, 3.63) is 113 Å². The molecule has 0 amide bonds. The van der Waals surface area contributed by atoms with Gasteiger partial charge >= 0.3 is 0 Å². The van der Waals surface area contributed by atoms with E-state index in [2.05, 4.69) is 15.9 Å². The van der Waals surface area contributed by atoms with Crippen LogP contribution in [0.3, 0.4) is 0 Å². The average Bonchev–Trinajstić information content (AvgIpc) is 3.46. The number of benzene rings is 3. The Morgan fingerprint density at radius 1 is 1.00 bits per heavy atom. The van der Waals surface area contributed by atoms with E-state index in [1.807, 2.05) is 41.6 Å². The van der Waals surface area contributed by atoms with Crippen molar-refractivity contribution in [2.45, 2.75) is 12.6 Å². The Morgan fingerprint density at radius 3 is 2.50 bits per heavy atom. The van der Waals surface area contributed by atoms with E-state index in [-0.39, 0.29) is 11.6 Å². The molecule has 172 valence electrons. The van der Waals surface area contributed by atoms with Gasteiger partial charge in [-0.3, -0.25) is 0 Å². The topological polar surface area (TPSA) is 56.3 Å². The summed E-state index contributed by atoms with van der Waals surface area (Å²) < 4.78 is 36.6. The number of halogens is 3. The summed E-state index contributed by atoms with van der Waals surface area (Å²) in [6, 6.07) is 18.7. The molecule has 0 radical (unpaired) electrons. The fraction of sp³-hybridized carbons (Fsp3) is 0.115. The zero-order valence-corrected chi connectivity index (χ0v) is 19.6. The maximum absolute atomic E-state index is 14.3. The second-order valence-electron chi connectivity index (χ2n) is 7.97. The Hall–Kier alpha value is -3.65. The van der Waals surface area contributed by atoms with Gasteiger partial charge in [-0.25, -0.2) is 13.5 Å². The number of nitrogen functional groups attached to an aromatic ring is 1. The maximum Gasteiger partial charge on any atom is 0.201 e. The molecule has 1 aromatic heterocycles. The quantitative estimate of drug-likeness (QED) is 0.306. The maximum atomic E-state index is 14.3. The molecule has 0 spiro atoms. The third-order valence-electron chi connectivity index (χ3n) is 5.69. The first-order valence-corrected chi connectivity index (χ1v) is 11.5. The van der Waals surface area contributed by atoms with Crippen molar-refractivity contribution >= 4 is 21.6 Å². The largest absolute Gasteiger partial charge is 0.472 e. The first-order chi connectivity index (χ1) is 16.5. The highest BCUT2D eigenvalue weighted by Crippen LogP contribution is 2.35. The minimum Gasteiger partial charge on any atom is -0.472 e. The molecule has 1 atom stereocenters. The molecule has 0 aliphatic carbocycles. The molecule has 34 heavy (non-hydrogen) atoms. The van der Waals surface area contributed by atoms with Gasteiger partial charge in [0.1, 0.15) is 23.6 Å². The molecule has 8 heteroatoms. The smallest absolute Gasteiger partial charge is 0.201 e. The van der Waals surface area contributed by atoms with Crippen LogP contribution < -0.4 is 5.73 Å². The zero-order chi connectivity index (χ0) is 23.7. The van der Waals surface area contributed by atoms with E-state index in [0.717, 1.165) is 21.3 Å². The molecule has 0 bridgehead atoms. The first-order valence-electron chi connectivity index (χ1n) is 10.7. The summed E-state index contributed by atoms with van der Waals surface area (Å²) in [5, 5.41) is 4.80. The monoisotopic (exact) mass is 522 g/mol. The molecular weight excluding hydrogens is 502 g/mol. The lowest BCUT2D eigenvalue weighted by Gasteiger charge is -2.24. The first kappa shape index (κ1) is 22.2. The average molecular weight is 523 g/mol. The van der Waals surface area contributed by atoms with Crippen LogP contribution in [-0.2, 0) is 11.2 Å². The highest BCUT2D eigenvalue weighted by atomic mass is 79.9. The van der Waals surface area contributed by atoms with E-state index >= 15 is 0 Å². The molecule has 3 aromatic carbocycles. The van der Waals surface area contributed by atoms with Gasteiger partial charge in [0.25, 0.3) is 0 Å². The van der Waals surface area contributed by atoms with E-state index in [1.165, 1.54) is 18.2 Å². The van der Waals surface area contributed by atoms with Crippen LogP contribution in [0, 0.1) is 11.6 Å². The van der Waals surface area contributed by atoms with Gasteiger partial charge in [0.2, 0.25) is 6.23 Å². The van der Waals surface area contributed by atoms with Crippen molar-refractivity contribution in [2.24, 2.45) is 0 Å². The summed E-state index contributed by atoms with van der Waals surface area (Å²) in [6.07, 6.45) is 5.39. The van der Waals surface area contributed by atoms with Crippen molar-refractivity contribution in [1.29, 1.82) is 0 Å². The fourth-order valence-electron chi connectivity index (χ4n) is 3.93. The van der Waals surface area contributed by atoms with E-state index in [4.69, 9.17) is 15.6 Å². The standard InChI is InChI=1S/C26H21BrF2N4O/c27-19-4-9-22(10-5-19)33-16-23(25(31-33)18-1-6-20(28)7-2-18)26-32(13-14-34-26)12-11-17-3-8-21(30)15-24(17)29/h1-10,13-16,26H,11-12,30H2. The van der Waals surface area contributed by atoms with Crippen molar-refractivity contribution < 1.29 is 13.5 Å². The van der Waals surface area contributed by atoms with Crippen LogP contribution in [0.4, 0.5) is 14.5 Å². The lowest BCUT2D eigenvalue weighted by Crippen LogP contribution is -2.23. The summed E-state index contributed by atoms with van der Waals surface area (Å²) in [7, 11) is 0. The second-order valence-corrected chi connectivity index (χ2v) is 8.89. The van der Waals surface area contributed by atoms with E-state index < -0.39 is 6.23 Å². The summed E-state index contributed by atoms with van der Waals surface area (Å²) in [4.78, 5) is 1.99. The van der Waals surface area contributed by atoms with Gasteiger partial charge in [-0.15, -0.1) is 0 Å². The Bertz CT molecular complexity index is 1340. The van der Waals surface area contributed by atoms with Crippen LogP contribution in [0.15, 0.2) is 89.9 Å². The van der Waals surface area contributed by atoms with E-state index in [0.29, 0.717) is 29.9 Å². The van der Waals surface area contributed by atoms with Crippen LogP contribution in [0.1, 0.15) is 17.4 Å². The molecule has 4 aromatic rings. The van der Waals surface area contributed by atoms with Gasteiger partial charge in [0.05, 0.1) is 11.3 Å². The number of nitrogens with zero attached hydrogens (tertiary/aromatic N) is 3. The molecule has 0 fully saturated rings. The Morgan fingerprint density at radius 2 is 1.76 bits per heavy atom. The predicted molar refractivity (Wildman–Crippen MR) is 131 cm³/mol. The molecule has 1 unspecified atom stereocenters. The Kier molecular flexibility index (Phi) is 6.06. The molecule has 2 heterocycles. The molecule has 0 saturated heterocycles. The predicted octanol–water partition coefficient (Wildman–Crippen LogP) is 6.21. The fourth-order valence-corrected chi connectivity index (χ4v) is 4.19. The second kappa shape index (κ2) is 9.30. The van der Waals surface area contributed by atoms with Gasteiger partial charge in [0, 0.05) is 34.7 Å². The molecule has 0 saturated carbocycles. The summed E-state index contributed by atoms with van der Waals surface area (Å²) in [5.41, 5.74) is 9.79. The van der Waals surface area contributed by atoms with Gasteiger partial charge in [-0.2, -0.15) is 5.10 Å². The van der Waals surface area contributed by atoms with Crippen LogP contribution in [0.5, 0.6) is 0 Å². The Balaban J connectivity index is 1.48. The highest BCUT2D eigenvalue weighted by Gasteiger charge is 2.28. The zero-order valence-electron chi connectivity index (χ0n) is 18.0. The molecular formula is C26H21BrF2N4O. The summed E-state index contributed by atoms with van der Waals surface area (Å²) >= 11 is 3.45. The molecule has 5 nitrogen and oxygen atoms in total. The van der Waals surface area contributed by atoms with Gasteiger partial charge in [-0.1, -0.05) is 22.0 Å². The number of aromatic nitrogens is 2. The van der Waals surface area contributed by atoms with Gasteiger partial charge in [-0.05, 0) is 72.6 Å². The lowest BCUT2D eigenvalue weighted by atomic mass is 10.1. The third kappa shape index (κ3) is 4.54. The number of nitrogens with two attached hydrogens (primary N) is 1. The van der Waals surface area contributed by atoms with Crippen molar-refractivity contribution in [2.75, 3.05) is 12.3 Å². The number of anilines is 1. The normalized spacial score (nSPS) is 15.0.